The van der Waals surface area contributed by atoms with Crippen LogP contribution in [-0.2, 0) is 6.42 Å². The first-order valence-corrected chi connectivity index (χ1v) is 10.5. The lowest BCUT2D eigenvalue weighted by Gasteiger charge is -2.11. The number of rotatable bonds is 6. The quantitative estimate of drug-likeness (QED) is 0.394. The van der Waals surface area contributed by atoms with Crippen LogP contribution in [0.5, 0.6) is 0 Å². The fourth-order valence-electron chi connectivity index (χ4n) is 2.88. The minimum atomic E-state index is -0.0637. The van der Waals surface area contributed by atoms with Crippen molar-refractivity contribution in [1.29, 1.82) is 0 Å². The van der Waals surface area contributed by atoms with Gasteiger partial charge in [0, 0.05) is 38.1 Å². The fraction of sp³-hybridized carbons (Fsp3) is 0.208. The molecule has 4 aromatic rings. The Bertz CT molecular complexity index is 1210. The number of nitrogen functional groups attached to an aromatic ring is 1. The van der Waals surface area contributed by atoms with Crippen molar-refractivity contribution < 1.29 is 14.4 Å². The van der Waals surface area contributed by atoms with Crippen LogP contribution < -0.4 is 11.1 Å². The number of aliphatic hydroxyl groups is 1. The smallest absolute Gasteiger partial charge is 0.263 e. The Labute approximate surface area is 197 Å². The summed E-state index contributed by atoms with van der Waals surface area (Å²) in [6, 6.07) is 16.9. The predicted molar refractivity (Wildman–Crippen MR) is 129 cm³/mol. The number of nitrogens with zero attached hydrogens (tertiary/aromatic N) is 5. The van der Waals surface area contributed by atoms with Crippen molar-refractivity contribution >= 4 is 23.4 Å². The summed E-state index contributed by atoms with van der Waals surface area (Å²) in [6.07, 6.45) is 2.28. The fourth-order valence-corrected chi connectivity index (χ4v) is 2.88. The van der Waals surface area contributed by atoms with Gasteiger partial charge in [-0.25, -0.2) is 4.98 Å². The minimum absolute atomic E-state index is 0.0637. The van der Waals surface area contributed by atoms with Crippen molar-refractivity contribution in [3.63, 3.8) is 0 Å². The summed E-state index contributed by atoms with van der Waals surface area (Å²) in [5, 5.41) is 15.3. The number of hydrogen-bond acceptors (Lipinski definition) is 9. The average molecular weight is 462 g/mol. The van der Waals surface area contributed by atoms with Crippen LogP contribution in [0.2, 0.25) is 0 Å². The minimum Gasteiger partial charge on any atom is -0.396 e. The highest BCUT2D eigenvalue weighted by atomic mass is 16.5. The van der Waals surface area contributed by atoms with Crippen LogP contribution in [0, 0.1) is 6.92 Å². The van der Waals surface area contributed by atoms with Crippen LogP contribution in [0.4, 0.5) is 17.5 Å². The zero-order chi connectivity index (χ0) is 24.5. The molecule has 34 heavy (non-hydrogen) atoms. The topological polar surface area (TPSA) is 143 Å². The van der Waals surface area contributed by atoms with Gasteiger partial charge in [-0.1, -0.05) is 35.5 Å². The molecule has 0 unspecified atom stereocenters. The third-order valence-corrected chi connectivity index (χ3v) is 4.61. The maximum atomic E-state index is 11.9. The Kier molecular flexibility index (Phi) is 8.25. The van der Waals surface area contributed by atoms with Crippen LogP contribution in [-0.4, -0.2) is 56.7 Å². The first-order valence-electron chi connectivity index (χ1n) is 10.5. The van der Waals surface area contributed by atoms with Crippen molar-refractivity contribution in [2.24, 2.45) is 0 Å². The number of amides is 1. The summed E-state index contributed by atoms with van der Waals surface area (Å²) in [5.74, 6) is 1.26. The highest BCUT2D eigenvalue weighted by Gasteiger charge is 2.13. The normalized spacial score (nSPS) is 10.2. The van der Waals surface area contributed by atoms with Gasteiger partial charge in [0.15, 0.2) is 5.82 Å². The summed E-state index contributed by atoms with van der Waals surface area (Å²) in [5.41, 5.74) is 8.94. The second-order valence-electron chi connectivity index (χ2n) is 7.50. The van der Waals surface area contributed by atoms with Crippen molar-refractivity contribution in [3.8, 4) is 11.5 Å². The molecule has 1 amide bonds. The molecule has 176 valence electrons. The van der Waals surface area contributed by atoms with Crippen LogP contribution in [0.3, 0.4) is 0 Å². The number of nitrogens with one attached hydrogen (secondary N) is 1. The van der Waals surface area contributed by atoms with E-state index in [-0.39, 0.29) is 24.2 Å². The molecule has 0 aliphatic heterocycles. The van der Waals surface area contributed by atoms with Crippen LogP contribution in [0.15, 0.2) is 65.3 Å². The number of carbonyl (C=O) groups is 1. The second-order valence-corrected chi connectivity index (χ2v) is 7.50. The lowest BCUT2D eigenvalue weighted by Crippen LogP contribution is -2.21. The van der Waals surface area contributed by atoms with Gasteiger partial charge < -0.3 is 25.6 Å². The molecule has 2 aromatic carbocycles. The van der Waals surface area contributed by atoms with Gasteiger partial charge in [-0.05, 0) is 43.2 Å². The largest absolute Gasteiger partial charge is 0.396 e. The van der Waals surface area contributed by atoms with Crippen molar-refractivity contribution in [1.82, 2.24) is 25.0 Å². The number of carbonyl (C=O) groups excluding carboxylic acids is 1. The summed E-state index contributed by atoms with van der Waals surface area (Å²) < 4.78 is 5.07. The third-order valence-electron chi connectivity index (χ3n) is 4.61. The van der Waals surface area contributed by atoms with Crippen molar-refractivity contribution in [3.05, 3.63) is 77.7 Å². The third kappa shape index (κ3) is 6.59. The molecule has 0 saturated heterocycles. The van der Waals surface area contributed by atoms with Crippen LogP contribution in [0.1, 0.15) is 21.7 Å². The van der Waals surface area contributed by atoms with Gasteiger partial charge >= 0.3 is 0 Å². The number of hydrogen-bond donors (Lipinski definition) is 3. The molecule has 2 heterocycles. The molecule has 4 rings (SSSR count). The van der Waals surface area contributed by atoms with E-state index in [1.165, 1.54) is 16.7 Å². The maximum Gasteiger partial charge on any atom is 0.263 e. The molecule has 0 aliphatic carbocycles. The number of aromatic nitrogens is 4. The molecule has 0 fully saturated rings. The molecule has 2 aromatic heterocycles. The second kappa shape index (κ2) is 11.5. The van der Waals surface area contributed by atoms with Gasteiger partial charge in [-0.15, -0.1) is 0 Å². The van der Waals surface area contributed by atoms with E-state index in [2.05, 4.69) is 25.4 Å². The summed E-state index contributed by atoms with van der Waals surface area (Å²) in [7, 11) is 3.41. The highest BCUT2D eigenvalue weighted by molar-refractivity contribution is 5.94. The number of benzene rings is 2. The zero-order valence-electron chi connectivity index (χ0n) is 19.3. The molecule has 4 N–H and O–H groups in total. The Hall–Kier alpha value is -4.31. The lowest BCUT2D eigenvalue weighted by atomic mass is 10.2. The summed E-state index contributed by atoms with van der Waals surface area (Å²) in [4.78, 5) is 25.9. The molecule has 0 radical (unpaired) electrons. The van der Waals surface area contributed by atoms with E-state index in [9.17, 15) is 4.79 Å². The van der Waals surface area contributed by atoms with Gasteiger partial charge in [0.1, 0.15) is 11.4 Å². The molecule has 0 atom stereocenters. The average Bonchev–Trinajstić information content (AvgIpc) is 3.26. The van der Waals surface area contributed by atoms with Gasteiger partial charge in [-0.2, -0.15) is 9.97 Å². The highest BCUT2D eigenvalue weighted by Crippen LogP contribution is 2.24. The Morgan fingerprint density at radius 2 is 1.79 bits per heavy atom. The van der Waals surface area contributed by atoms with Gasteiger partial charge in [0.25, 0.3) is 11.8 Å². The maximum absolute atomic E-state index is 11.9. The van der Waals surface area contributed by atoms with Crippen LogP contribution >= 0.6 is 0 Å². The Morgan fingerprint density at radius 1 is 1.09 bits per heavy atom. The Balaban J connectivity index is 0.000000302. The van der Waals surface area contributed by atoms with E-state index in [0.717, 1.165) is 12.1 Å². The lowest BCUT2D eigenvalue weighted by molar-refractivity contribution is 0.0827. The summed E-state index contributed by atoms with van der Waals surface area (Å²) >= 11 is 0. The van der Waals surface area contributed by atoms with E-state index in [1.807, 2.05) is 30.3 Å². The number of aliphatic hydroxyl groups excluding tert-OH is 1. The molecule has 0 aliphatic rings. The number of nitrogens with two attached hydrogens (primary N) is 1. The molecule has 0 saturated carbocycles. The van der Waals surface area contributed by atoms with Gasteiger partial charge in [0.2, 0.25) is 5.95 Å². The predicted octanol–water partition coefficient (Wildman–Crippen LogP) is 3.08. The van der Waals surface area contributed by atoms with E-state index >= 15 is 0 Å². The van der Waals surface area contributed by atoms with Crippen molar-refractivity contribution in [2.75, 3.05) is 31.8 Å². The summed E-state index contributed by atoms with van der Waals surface area (Å²) in [6.45, 7) is 1.95. The monoisotopic (exact) mass is 461 g/mol. The van der Waals surface area contributed by atoms with E-state index < -0.39 is 0 Å². The standard InChI is InChI=1S/C16H17N7O2.C8H10O/c1-9-19-14(25-22-9)12-8-18-16(21-13(12)17)20-11-6-4-10(5-7-11)15(24)23(2)3;9-7-6-8-4-2-1-3-5-8/h4-8H,1-3H3,(H3,17,18,20,21);1-5,9H,6-7H2. The number of anilines is 3. The molecule has 0 bridgehead atoms. The van der Waals surface area contributed by atoms with E-state index in [1.54, 1.807) is 45.3 Å². The first-order chi connectivity index (χ1) is 16.4. The van der Waals surface area contributed by atoms with E-state index in [4.69, 9.17) is 15.4 Å². The van der Waals surface area contributed by atoms with Gasteiger partial charge in [0.05, 0.1) is 0 Å². The first kappa shape index (κ1) is 24.3. The molecular weight excluding hydrogens is 434 g/mol. The molecule has 0 spiro atoms. The molecule has 10 nitrogen and oxygen atoms in total. The SMILES string of the molecule is Cc1noc(-c2cnc(Nc3ccc(C(=O)N(C)C)cc3)nc2N)n1.OCCc1ccccc1. The molecular formula is C24H27N7O3. The van der Waals surface area contributed by atoms with E-state index in [0.29, 0.717) is 22.9 Å². The van der Waals surface area contributed by atoms with Gasteiger partial charge in [-0.3, -0.25) is 4.79 Å². The van der Waals surface area contributed by atoms with Crippen LogP contribution in [0.25, 0.3) is 11.5 Å². The Morgan fingerprint density at radius 3 is 2.35 bits per heavy atom. The van der Waals surface area contributed by atoms with Crippen molar-refractivity contribution in [2.45, 2.75) is 13.3 Å². The molecule has 10 heteroatoms. The number of aryl methyl sites for hydroxylation is 1. The zero-order valence-corrected chi connectivity index (χ0v) is 19.3.